The van der Waals surface area contributed by atoms with Crippen LogP contribution in [0.2, 0.25) is 0 Å². The third kappa shape index (κ3) is 5.48. The molecule has 1 unspecified atom stereocenters. The summed E-state index contributed by atoms with van der Waals surface area (Å²) in [6.45, 7) is 4.75. The van der Waals surface area contributed by atoms with Gasteiger partial charge in [0.15, 0.2) is 9.84 Å². The number of carbonyl (C=O) groups excluding carboxylic acids is 2. The quantitative estimate of drug-likeness (QED) is 0.518. The number of carbonyl (C=O) groups is 2. The summed E-state index contributed by atoms with van der Waals surface area (Å²) in [5, 5.41) is 2.73. The highest BCUT2D eigenvalue weighted by Crippen LogP contribution is 2.27. The third-order valence-electron chi connectivity index (χ3n) is 5.48. The van der Waals surface area contributed by atoms with E-state index in [1.807, 2.05) is 50.2 Å². The molecule has 1 saturated heterocycles. The van der Waals surface area contributed by atoms with Crippen molar-refractivity contribution >= 4 is 27.3 Å². The summed E-state index contributed by atoms with van der Waals surface area (Å²) in [6, 6.07) is 14.9. The molecule has 1 aliphatic rings. The number of anilines is 1. The zero-order valence-corrected chi connectivity index (χ0v) is 18.2. The summed E-state index contributed by atoms with van der Waals surface area (Å²) in [4.78, 5) is 26.8. The molecule has 2 aromatic carbocycles. The predicted octanol–water partition coefficient (Wildman–Crippen LogP) is 2.78. The Bertz CT molecular complexity index is 1020. The first-order chi connectivity index (χ1) is 14.3. The summed E-state index contributed by atoms with van der Waals surface area (Å²) in [7, 11) is -3.24. The molecular formula is C23H28N2O4S. The maximum absolute atomic E-state index is 12.7. The van der Waals surface area contributed by atoms with Crippen molar-refractivity contribution < 1.29 is 18.0 Å². The summed E-state index contributed by atoms with van der Waals surface area (Å²) in [5.74, 6) is -1.25. The fourth-order valence-corrected chi connectivity index (χ4v) is 5.03. The molecule has 1 heterocycles. The topological polar surface area (TPSA) is 83.6 Å². The van der Waals surface area contributed by atoms with Crippen LogP contribution >= 0.6 is 0 Å². The first-order valence-corrected chi connectivity index (χ1v) is 12.0. The lowest BCUT2D eigenvalue weighted by Gasteiger charge is -2.18. The Hall–Kier alpha value is -2.67. The van der Waals surface area contributed by atoms with Gasteiger partial charge >= 0.3 is 0 Å². The number of hydrogen-bond acceptors (Lipinski definition) is 4. The Labute approximate surface area is 178 Å². The normalized spacial score (nSPS) is 16.7. The van der Waals surface area contributed by atoms with Crippen molar-refractivity contribution in [2.75, 3.05) is 23.7 Å². The number of benzene rings is 2. The molecule has 3 rings (SSSR count). The van der Waals surface area contributed by atoms with Crippen molar-refractivity contribution in [3.63, 3.8) is 0 Å². The predicted molar refractivity (Wildman–Crippen MR) is 118 cm³/mol. The molecule has 0 aliphatic carbocycles. The Kier molecular flexibility index (Phi) is 6.92. The minimum absolute atomic E-state index is 0.00441. The molecular weight excluding hydrogens is 400 g/mol. The molecule has 6 nitrogen and oxygen atoms in total. The van der Waals surface area contributed by atoms with Crippen molar-refractivity contribution in [3.05, 3.63) is 65.2 Å². The minimum atomic E-state index is -3.24. The van der Waals surface area contributed by atoms with Gasteiger partial charge in [0, 0.05) is 18.8 Å². The molecule has 1 fully saturated rings. The van der Waals surface area contributed by atoms with Crippen molar-refractivity contribution in [1.29, 1.82) is 0 Å². The first-order valence-electron chi connectivity index (χ1n) is 10.2. The van der Waals surface area contributed by atoms with Crippen molar-refractivity contribution in [2.45, 2.75) is 32.4 Å². The van der Waals surface area contributed by atoms with E-state index in [-0.39, 0.29) is 29.9 Å². The highest BCUT2D eigenvalue weighted by molar-refractivity contribution is 7.90. The lowest BCUT2D eigenvalue weighted by atomic mass is 10.1. The van der Waals surface area contributed by atoms with E-state index in [9.17, 15) is 18.0 Å². The van der Waals surface area contributed by atoms with E-state index >= 15 is 0 Å². The number of nitrogens with zero attached hydrogens (tertiary/aromatic N) is 1. The lowest BCUT2D eigenvalue weighted by molar-refractivity contribution is -0.132. The Morgan fingerprint density at radius 3 is 2.53 bits per heavy atom. The average molecular weight is 429 g/mol. The number of aryl methyl sites for hydroxylation is 2. The molecule has 0 spiro atoms. The van der Waals surface area contributed by atoms with E-state index < -0.39 is 15.8 Å². The van der Waals surface area contributed by atoms with Gasteiger partial charge in [-0.15, -0.1) is 0 Å². The van der Waals surface area contributed by atoms with Crippen molar-refractivity contribution in [2.24, 2.45) is 5.92 Å². The van der Waals surface area contributed by atoms with E-state index in [1.165, 1.54) is 0 Å². The van der Waals surface area contributed by atoms with Crippen LogP contribution in [-0.4, -0.2) is 39.1 Å². The zero-order chi connectivity index (χ0) is 21.7. The molecule has 30 heavy (non-hydrogen) atoms. The largest absolute Gasteiger partial charge is 0.355 e. The highest BCUT2D eigenvalue weighted by Gasteiger charge is 2.37. The van der Waals surface area contributed by atoms with Gasteiger partial charge in [0.25, 0.3) is 0 Å². The van der Waals surface area contributed by atoms with Gasteiger partial charge in [0.05, 0.1) is 11.5 Å². The van der Waals surface area contributed by atoms with Crippen LogP contribution in [0.25, 0.3) is 0 Å². The van der Waals surface area contributed by atoms with Gasteiger partial charge < -0.3 is 10.2 Å². The molecule has 0 bridgehead atoms. The third-order valence-corrected chi connectivity index (χ3v) is 7.17. The molecule has 0 saturated carbocycles. The average Bonchev–Trinajstić information content (AvgIpc) is 3.09. The smallest absolute Gasteiger partial charge is 0.239 e. The monoisotopic (exact) mass is 428 g/mol. The van der Waals surface area contributed by atoms with Gasteiger partial charge in [-0.3, -0.25) is 9.59 Å². The molecule has 7 heteroatoms. The minimum Gasteiger partial charge on any atom is -0.355 e. The molecule has 1 atom stereocenters. The van der Waals surface area contributed by atoms with Gasteiger partial charge in [0.2, 0.25) is 11.8 Å². The summed E-state index contributed by atoms with van der Waals surface area (Å²) in [5.41, 5.74) is 3.82. The second kappa shape index (κ2) is 9.43. The SMILES string of the molecule is Cc1ccc(N2CCC(C(=O)NCCCS(=O)(=O)Cc3ccccc3)C2=O)cc1C. The van der Waals surface area contributed by atoms with Gasteiger partial charge in [-0.25, -0.2) is 8.42 Å². The number of hydrogen-bond donors (Lipinski definition) is 1. The summed E-state index contributed by atoms with van der Waals surface area (Å²) in [6.07, 6.45) is 0.784. The zero-order valence-electron chi connectivity index (χ0n) is 17.4. The lowest BCUT2D eigenvalue weighted by Crippen LogP contribution is -2.37. The second-order valence-electron chi connectivity index (χ2n) is 7.82. The Balaban J connectivity index is 1.47. The van der Waals surface area contributed by atoms with Gasteiger partial charge in [-0.2, -0.15) is 0 Å². The second-order valence-corrected chi connectivity index (χ2v) is 10.0. The maximum atomic E-state index is 12.7. The Morgan fingerprint density at radius 1 is 1.10 bits per heavy atom. The van der Waals surface area contributed by atoms with Crippen LogP contribution in [0.5, 0.6) is 0 Å². The number of sulfone groups is 1. The van der Waals surface area contributed by atoms with Gasteiger partial charge in [-0.05, 0) is 55.5 Å². The number of amides is 2. The number of rotatable bonds is 8. The molecule has 2 amide bonds. The fourth-order valence-electron chi connectivity index (χ4n) is 3.60. The van der Waals surface area contributed by atoms with Crippen LogP contribution in [0.4, 0.5) is 5.69 Å². The fraction of sp³-hybridized carbons (Fsp3) is 0.391. The van der Waals surface area contributed by atoms with Gasteiger partial charge in [0.1, 0.15) is 5.92 Å². The van der Waals surface area contributed by atoms with Crippen LogP contribution < -0.4 is 10.2 Å². The standard InChI is InChI=1S/C23H28N2O4S/c1-17-9-10-20(15-18(17)2)25-13-11-21(23(25)27)22(26)24-12-6-14-30(28,29)16-19-7-4-3-5-8-19/h3-5,7-10,15,21H,6,11-14,16H2,1-2H3,(H,24,26). The highest BCUT2D eigenvalue weighted by atomic mass is 32.2. The van der Waals surface area contributed by atoms with E-state index in [2.05, 4.69) is 5.32 Å². The molecule has 1 N–H and O–H groups in total. The van der Waals surface area contributed by atoms with E-state index in [0.717, 1.165) is 22.4 Å². The maximum Gasteiger partial charge on any atom is 0.239 e. The Morgan fingerprint density at radius 2 is 1.83 bits per heavy atom. The summed E-state index contributed by atoms with van der Waals surface area (Å²) >= 11 is 0. The first kappa shape index (κ1) is 22.0. The molecule has 1 aliphatic heterocycles. The molecule has 0 aromatic heterocycles. The van der Waals surface area contributed by atoms with Crippen LogP contribution in [0.15, 0.2) is 48.5 Å². The van der Waals surface area contributed by atoms with Crippen molar-refractivity contribution in [3.8, 4) is 0 Å². The van der Waals surface area contributed by atoms with Crippen LogP contribution in [0.3, 0.4) is 0 Å². The van der Waals surface area contributed by atoms with E-state index in [1.54, 1.807) is 17.0 Å². The molecule has 0 radical (unpaired) electrons. The molecule has 160 valence electrons. The van der Waals surface area contributed by atoms with Crippen LogP contribution in [0, 0.1) is 19.8 Å². The van der Waals surface area contributed by atoms with Gasteiger partial charge in [-0.1, -0.05) is 36.4 Å². The van der Waals surface area contributed by atoms with Crippen molar-refractivity contribution in [1.82, 2.24) is 5.32 Å². The number of nitrogens with one attached hydrogen (secondary N) is 1. The van der Waals surface area contributed by atoms with Crippen LogP contribution in [-0.2, 0) is 25.2 Å². The van der Waals surface area contributed by atoms with Crippen LogP contribution in [0.1, 0.15) is 29.5 Å². The molecule has 2 aromatic rings. The van der Waals surface area contributed by atoms with E-state index in [4.69, 9.17) is 0 Å². The summed E-state index contributed by atoms with van der Waals surface area (Å²) < 4.78 is 24.5. The van der Waals surface area contributed by atoms with E-state index in [0.29, 0.717) is 19.4 Å².